The van der Waals surface area contributed by atoms with Crippen LogP contribution in [-0.2, 0) is 44.3 Å². The van der Waals surface area contributed by atoms with E-state index in [9.17, 15) is 35.9 Å². The number of halogens is 6. The number of carbonyl (C=O) groups excluding carboxylic acids is 2. The van der Waals surface area contributed by atoms with Crippen molar-refractivity contribution in [3.8, 4) is 0 Å². The molecule has 0 spiro atoms. The van der Waals surface area contributed by atoms with Crippen molar-refractivity contribution in [2.24, 2.45) is 5.73 Å². The molecule has 0 aliphatic rings. The van der Waals surface area contributed by atoms with Crippen molar-refractivity contribution < 1.29 is 45.4 Å². The van der Waals surface area contributed by atoms with Crippen LogP contribution in [-0.4, -0.2) is 31.2 Å². The second-order valence-electron chi connectivity index (χ2n) is 7.43. The summed E-state index contributed by atoms with van der Waals surface area (Å²) in [6.07, 6.45) is -9.11. The number of nitrogens with two attached hydrogens (primary N) is 1. The van der Waals surface area contributed by atoms with E-state index in [-0.39, 0.29) is 38.9 Å². The maximum atomic E-state index is 12.7. The van der Waals surface area contributed by atoms with E-state index in [4.69, 9.17) is 15.2 Å². The van der Waals surface area contributed by atoms with Gasteiger partial charge in [-0.05, 0) is 29.7 Å². The van der Waals surface area contributed by atoms with Crippen molar-refractivity contribution in [2.75, 3.05) is 13.2 Å². The highest BCUT2D eigenvalue weighted by Gasteiger charge is 2.31. The molecule has 0 unspecified atom stereocenters. The van der Waals surface area contributed by atoms with Gasteiger partial charge in [0.2, 0.25) is 0 Å². The van der Waals surface area contributed by atoms with Gasteiger partial charge in [-0.15, -0.1) is 0 Å². The van der Waals surface area contributed by atoms with Crippen LogP contribution in [0.25, 0.3) is 0 Å². The first-order valence-corrected chi connectivity index (χ1v) is 10.3. The van der Waals surface area contributed by atoms with Crippen LogP contribution in [0.3, 0.4) is 0 Å². The molecule has 0 amide bonds. The second kappa shape index (κ2) is 11.9. The first-order chi connectivity index (χ1) is 15.9. The van der Waals surface area contributed by atoms with Gasteiger partial charge in [0.05, 0.1) is 24.3 Å². The number of carbonyl (C=O) groups is 2. The SMILES string of the molecule is N[C@H](CCC(=O)OCCc1cccc(C(F)(F)F)c1)C(=O)OCCc1cccc(C(F)(F)F)c1. The Kier molecular flexibility index (Phi) is 9.48. The van der Waals surface area contributed by atoms with E-state index >= 15 is 0 Å². The average molecular weight is 491 g/mol. The van der Waals surface area contributed by atoms with E-state index in [1.165, 1.54) is 24.3 Å². The summed E-state index contributed by atoms with van der Waals surface area (Å²) in [4.78, 5) is 23.7. The quantitative estimate of drug-likeness (QED) is 0.385. The second-order valence-corrected chi connectivity index (χ2v) is 7.43. The number of rotatable bonds is 10. The van der Waals surface area contributed by atoms with Gasteiger partial charge in [-0.3, -0.25) is 9.59 Å². The summed E-state index contributed by atoms with van der Waals surface area (Å²) in [5, 5.41) is 0. The normalized spacial score (nSPS) is 12.8. The predicted octanol–water partition coefficient (Wildman–Crippen LogP) is 4.70. The Balaban J connectivity index is 1.67. The summed E-state index contributed by atoms with van der Waals surface area (Å²) >= 11 is 0. The molecule has 2 N–H and O–H groups in total. The first-order valence-electron chi connectivity index (χ1n) is 10.3. The minimum absolute atomic E-state index is 0.0555. The Labute approximate surface area is 191 Å². The molecule has 0 radical (unpaired) electrons. The molecule has 5 nitrogen and oxygen atoms in total. The Morgan fingerprint density at radius 2 is 1.26 bits per heavy atom. The molecule has 0 aliphatic carbocycles. The number of hydrogen-bond donors (Lipinski definition) is 1. The molecule has 2 aromatic carbocycles. The Morgan fingerprint density at radius 3 is 1.74 bits per heavy atom. The number of hydrogen-bond acceptors (Lipinski definition) is 5. The number of esters is 2. The molecule has 2 aromatic rings. The average Bonchev–Trinajstić information content (AvgIpc) is 2.76. The van der Waals surface area contributed by atoms with Crippen molar-refractivity contribution in [3.05, 3.63) is 70.8 Å². The lowest BCUT2D eigenvalue weighted by Crippen LogP contribution is -2.33. The van der Waals surface area contributed by atoms with E-state index in [2.05, 4.69) is 0 Å². The molecule has 0 heterocycles. The molecule has 0 saturated heterocycles. The lowest BCUT2D eigenvalue weighted by atomic mass is 10.1. The van der Waals surface area contributed by atoms with Gasteiger partial charge in [0.1, 0.15) is 6.04 Å². The topological polar surface area (TPSA) is 78.6 Å². The van der Waals surface area contributed by atoms with Crippen LogP contribution in [0.2, 0.25) is 0 Å². The van der Waals surface area contributed by atoms with Gasteiger partial charge in [-0.1, -0.05) is 36.4 Å². The zero-order chi connectivity index (χ0) is 25.4. The fourth-order valence-corrected chi connectivity index (χ4v) is 2.93. The minimum atomic E-state index is -4.48. The van der Waals surface area contributed by atoms with Crippen molar-refractivity contribution in [1.29, 1.82) is 0 Å². The van der Waals surface area contributed by atoms with Gasteiger partial charge >= 0.3 is 24.3 Å². The van der Waals surface area contributed by atoms with Crippen LogP contribution >= 0.6 is 0 Å². The maximum absolute atomic E-state index is 12.7. The highest BCUT2D eigenvalue weighted by molar-refractivity contribution is 5.77. The van der Waals surface area contributed by atoms with Crippen LogP contribution in [0.1, 0.15) is 35.1 Å². The Bertz CT molecular complexity index is 974. The highest BCUT2D eigenvalue weighted by atomic mass is 19.4. The fourth-order valence-electron chi connectivity index (χ4n) is 2.93. The summed E-state index contributed by atoms with van der Waals surface area (Å²) in [5.41, 5.74) is 4.75. The van der Waals surface area contributed by atoms with Gasteiger partial charge in [-0.2, -0.15) is 26.3 Å². The van der Waals surface area contributed by atoms with Crippen LogP contribution in [0, 0.1) is 0 Å². The molecule has 0 aliphatic heterocycles. The third kappa shape index (κ3) is 9.05. The summed E-state index contributed by atoms with van der Waals surface area (Å²) in [5.74, 6) is -1.50. The highest BCUT2D eigenvalue weighted by Crippen LogP contribution is 2.30. The molecule has 1 atom stereocenters. The van der Waals surface area contributed by atoms with Crippen molar-refractivity contribution in [3.63, 3.8) is 0 Å². The molecule has 0 fully saturated rings. The first kappa shape index (κ1) is 27.2. The molecular weight excluding hydrogens is 468 g/mol. The molecular formula is C23H23F6NO4. The lowest BCUT2D eigenvalue weighted by Gasteiger charge is -2.12. The Morgan fingerprint density at radius 1 is 0.794 bits per heavy atom. The molecule has 11 heteroatoms. The smallest absolute Gasteiger partial charge is 0.416 e. The van der Waals surface area contributed by atoms with Gasteiger partial charge in [-0.25, -0.2) is 0 Å². The lowest BCUT2D eigenvalue weighted by molar-refractivity contribution is -0.147. The van der Waals surface area contributed by atoms with Crippen molar-refractivity contribution in [2.45, 2.75) is 44.1 Å². The maximum Gasteiger partial charge on any atom is 0.416 e. The van der Waals surface area contributed by atoms with Gasteiger partial charge in [0.25, 0.3) is 0 Å². The van der Waals surface area contributed by atoms with Gasteiger partial charge < -0.3 is 15.2 Å². The van der Waals surface area contributed by atoms with E-state index in [1.807, 2.05) is 0 Å². The van der Waals surface area contributed by atoms with E-state index in [0.717, 1.165) is 24.3 Å². The van der Waals surface area contributed by atoms with Gasteiger partial charge in [0.15, 0.2) is 0 Å². The monoisotopic (exact) mass is 491 g/mol. The number of ether oxygens (including phenoxy) is 2. The van der Waals surface area contributed by atoms with Crippen LogP contribution in [0.5, 0.6) is 0 Å². The molecule has 186 valence electrons. The molecule has 0 bridgehead atoms. The zero-order valence-electron chi connectivity index (χ0n) is 17.9. The van der Waals surface area contributed by atoms with Gasteiger partial charge in [0, 0.05) is 19.3 Å². The van der Waals surface area contributed by atoms with Crippen molar-refractivity contribution >= 4 is 11.9 Å². The third-order valence-corrected chi connectivity index (χ3v) is 4.76. The summed E-state index contributed by atoms with van der Waals surface area (Å²) in [7, 11) is 0. The largest absolute Gasteiger partial charge is 0.465 e. The number of alkyl halides is 6. The summed E-state index contributed by atoms with van der Waals surface area (Å²) in [6.45, 7) is -0.327. The third-order valence-electron chi connectivity index (χ3n) is 4.76. The summed E-state index contributed by atoms with van der Waals surface area (Å²) < 4.78 is 86.2. The summed E-state index contributed by atoms with van der Waals surface area (Å²) in [6, 6.07) is 8.13. The predicted molar refractivity (Wildman–Crippen MR) is 109 cm³/mol. The molecule has 2 rings (SSSR count). The zero-order valence-corrected chi connectivity index (χ0v) is 17.9. The standard InChI is InChI=1S/C23H23F6NO4/c24-22(25,26)17-5-1-3-15(13-17)9-11-33-20(31)8-7-19(30)21(32)34-12-10-16-4-2-6-18(14-16)23(27,28)29/h1-6,13-14,19H,7-12,30H2/t19-/m1/s1. The molecule has 0 saturated carbocycles. The fraction of sp³-hybridized carbons (Fsp3) is 0.391. The van der Waals surface area contributed by atoms with E-state index < -0.39 is 41.5 Å². The Hall–Kier alpha value is -3.08. The molecule has 34 heavy (non-hydrogen) atoms. The van der Waals surface area contributed by atoms with E-state index in [0.29, 0.717) is 11.1 Å². The molecule has 0 aromatic heterocycles. The minimum Gasteiger partial charge on any atom is -0.465 e. The van der Waals surface area contributed by atoms with Crippen LogP contribution in [0.15, 0.2) is 48.5 Å². The van der Waals surface area contributed by atoms with Crippen LogP contribution in [0.4, 0.5) is 26.3 Å². The van der Waals surface area contributed by atoms with Crippen LogP contribution < -0.4 is 5.73 Å². The van der Waals surface area contributed by atoms with Crippen molar-refractivity contribution in [1.82, 2.24) is 0 Å². The van der Waals surface area contributed by atoms with E-state index in [1.54, 1.807) is 0 Å². The number of benzene rings is 2.